The number of amides is 1. The fourth-order valence-corrected chi connectivity index (χ4v) is 3.60. The van der Waals surface area contributed by atoms with E-state index < -0.39 is 0 Å². The lowest BCUT2D eigenvalue weighted by molar-refractivity contribution is 0.0178. The second kappa shape index (κ2) is 6.25. The highest BCUT2D eigenvalue weighted by molar-refractivity contribution is 7.08. The first-order valence-corrected chi connectivity index (χ1v) is 9.63. The van der Waals surface area contributed by atoms with Crippen LogP contribution in [0, 0.1) is 0 Å². The number of aromatic nitrogens is 2. The van der Waals surface area contributed by atoms with Gasteiger partial charge in [0.25, 0.3) is 5.91 Å². The van der Waals surface area contributed by atoms with Crippen LogP contribution >= 0.6 is 11.3 Å². The van der Waals surface area contributed by atoms with Crippen LogP contribution in [0.5, 0.6) is 5.75 Å². The van der Waals surface area contributed by atoms with Gasteiger partial charge in [0, 0.05) is 16.9 Å². The molecule has 0 radical (unpaired) electrons. The van der Waals surface area contributed by atoms with Crippen LogP contribution in [0.4, 0.5) is 0 Å². The third-order valence-corrected chi connectivity index (χ3v) is 5.37. The highest BCUT2D eigenvalue weighted by Gasteiger charge is 2.33. The zero-order valence-corrected chi connectivity index (χ0v) is 14.8. The zero-order chi connectivity index (χ0) is 17.5. The highest BCUT2D eigenvalue weighted by atomic mass is 32.1. The number of nitrogens with zero attached hydrogens (tertiary/aromatic N) is 3. The van der Waals surface area contributed by atoms with Gasteiger partial charge in [-0.2, -0.15) is 16.3 Å². The number of carbonyl (C=O) groups is 1. The first kappa shape index (κ1) is 15.6. The Balaban J connectivity index is 1.17. The van der Waals surface area contributed by atoms with Crippen LogP contribution in [0.3, 0.4) is 0 Å². The van der Waals surface area contributed by atoms with Crippen LogP contribution in [0.25, 0.3) is 11.4 Å². The molecule has 0 N–H and O–H groups in total. The molecule has 1 aliphatic carbocycles. The van der Waals surface area contributed by atoms with Crippen molar-refractivity contribution in [3.63, 3.8) is 0 Å². The van der Waals surface area contributed by atoms with Crippen molar-refractivity contribution in [2.24, 2.45) is 0 Å². The Kier molecular flexibility index (Phi) is 3.74. The Morgan fingerprint density at radius 3 is 2.69 bits per heavy atom. The molecule has 0 bridgehead atoms. The summed E-state index contributed by atoms with van der Waals surface area (Å²) < 4.78 is 11.2. The van der Waals surface area contributed by atoms with Gasteiger partial charge in [0.05, 0.1) is 18.7 Å². The molecule has 0 spiro atoms. The number of benzene rings is 1. The van der Waals surface area contributed by atoms with Gasteiger partial charge >= 0.3 is 0 Å². The maximum absolute atomic E-state index is 12.2. The number of hydrogen-bond acceptors (Lipinski definition) is 6. The molecule has 2 aliphatic rings. The summed E-state index contributed by atoms with van der Waals surface area (Å²) in [6.45, 7) is 1.23. The smallest absolute Gasteiger partial charge is 0.254 e. The number of likely N-dealkylation sites (tertiary alicyclic amines) is 1. The summed E-state index contributed by atoms with van der Waals surface area (Å²) in [6.07, 6.45) is 2.32. The Morgan fingerprint density at radius 1 is 1.19 bits per heavy atom. The van der Waals surface area contributed by atoms with E-state index in [1.54, 1.807) is 4.90 Å². The summed E-state index contributed by atoms with van der Waals surface area (Å²) in [6, 6.07) is 9.54. The summed E-state index contributed by atoms with van der Waals surface area (Å²) in [5, 5.41) is 7.84. The van der Waals surface area contributed by atoms with Crippen LogP contribution in [-0.2, 0) is 0 Å². The monoisotopic (exact) mass is 367 g/mol. The lowest BCUT2D eigenvalue weighted by Crippen LogP contribution is -2.56. The SMILES string of the molecule is O=C(c1ccsc1)N1CC(Oc2ccc(-c3noc(C4CC4)n3)cc2)C1. The molecule has 26 heavy (non-hydrogen) atoms. The molecule has 2 fully saturated rings. The van der Waals surface area contributed by atoms with E-state index in [9.17, 15) is 4.79 Å². The third kappa shape index (κ3) is 2.99. The van der Waals surface area contributed by atoms with Gasteiger partial charge in [-0.1, -0.05) is 5.16 Å². The van der Waals surface area contributed by atoms with Crippen molar-refractivity contribution in [3.05, 3.63) is 52.5 Å². The Bertz CT molecular complexity index is 910. The topological polar surface area (TPSA) is 68.5 Å². The summed E-state index contributed by atoms with van der Waals surface area (Å²) >= 11 is 1.53. The summed E-state index contributed by atoms with van der Waals surface area (Å²) in [5.74, 6) is 2.68. The molecular weight excluding hydrogens is 350 g/mol. The van der Waals surface area contributed by atoms with Crippen molar-refractivity contribution in [2.75, 3.05) is 13.1 Å². The molecule has 6 nitrogen and oxygen atoms in total. The van der Waals surface area contributed by atoms with Gasteiger partial charge in [-0.25, -0.2) is 0 Å². The summed E-state index contributed by atoms with van der Waals surface area (Å²) in [5.41, 5.74) is 1.67. The minimum absolute atomic E-state index is 0.0371. The summed E-state index contributed by atoms with van der Waals surface area (Å²) in [4.78, 5) is 18.5. The Labute approximate surface area is 154 Å². The lowest BCUT2D eigenvalue weighted by Gasteiger charge is -2.38. The molecule has 1 saturated heterocycles. The predicted molar refractivity (Wildman–Crippen MR) is 96.3 cm³/mol. The molecule has 1 aliphatic heterocycles. The van der Waals surface area contributed by atoms with Crippen molar-refractivity contribution < 1.29 is 14.1 Å². The number of thiophene rings is 1. The van der Waals surface area contributed by atoms with Crippen LogP contribution in [0.2, 0.25) is 0 Å². The normalized spacial score (nSPS) is 17.2. The van der Waals surface area contributed by atoms with Gasteiger partial charge in [0.2, 0.25) is 11.7 Å². The van der Waals surface area contributed by atoms with Gasteiger partial charge < -0.3 is 14.2 Å². The highest BCUT2D eigenvalue weighted by Crippen LogP contribution is 2.39. The molecule has 0 atom stereocenters. The third-order valence-electron chi connectivity index (χ3n) is 4.69. The summed E-state index contributed by atoms with van der Waals surface area (Å²) in [7, 11) is 0. The van der Waals surface area contributed by atoms with E-state index in [0.29, 0.717) is 24.8 Å². The lowest BCUT2D eigenvalue weighted by atomic mass is 10.1. The van der Waals surface area contributed by atoms with E-state index in [0.717, 1.165) is 35.6 Å². The molecule has 1 saturated carbocycles. The molecule has 7 heteroatoms. The van der Waals surface area contributed by atoms with Crippen molar-refractivity contribution in [2.45, 2.75) is 24.9 Å². The van der Waals surface area contributed by atoms with Crippen molar-refractivity contribution in [1.82, 2.24) is 15.0 Å². The number of carbonyl (C=O) groups excluding carboxylic acids is 1. The first-order valence-electron chi connectivity index (χ1n) is 8.68. The number of rotatable bonds is 5. The fraction of sp³-hybridized carbons (Fsp3) is 0.316. The van der Waals surface area contributed by atoms with E-state index in [1.807, 2.05) is 41.1 Å². The van der Waals surface area contributed by atoms with E-state index in [4.69, 9.17) is 9.26 Å². The van der Waals surface area contributed by atoms with Gasteiger partial charge in [0.15, 0.2) is 0 Å². The Hall–Kier alpha value is -2.67. The van der Waals surface area contributed by atoms with E-state index >= 15 is 0 Å². The van der Waals surface area contributed by atoms with E-state index in [2.05, 4.69) is 10.1 Å². The minimum Gasteiger partial charge on any atom is -0.487 e. The van der Waals surface area contributed by atoms with Crippen molar-refractivity contribution in [3.8, 4) is 17.1 Å². The van der Waals surface area contributed by atoms with Gasteiger partial charge in [-0.3, -0.25) is 4.79 Å². The largest absolute Gasteiger partial charge is 0.487 e. The first-order chi connectivity index (χ1) is 12.8. The standard InChI is InChI=1S/C19H17N3O3S/c23-19(14-7-8-26-11-14)22-9-16(10-22)24-15-5-3-12(4-6-15)17-20-18(25-21-17)13-1-2-13/h3-8,11,13,16H,1-2,9-10H2. The van der Waals surface area contributed by atoms with E-state index in [-0.39, 0.29) is 12.0 Å². The Morgan fingerprint density at radius 2 is 2.00 bits per heavy atom. The average molecular weight is 367 g/mol. The molecule has 3 aromatic rings. The molecule has 0 unspecified atom stereocenters. The van der Waals surface area contributed by atoms with Crippen LogP contribution < -0.4 is 4.74 Å². The van der Waals surface area contributed by atoms with Crippen LogP contribution in [0.15, 0.2) is 45.6 Å². The molecule has 1 aromatic carbocycles. The molecule has 132 valence electrons. The zero-order valence-electron chi connectivity index (χ0n) is 14.0. The molecule has 1 amide bonds. The van der Waals surface area contributed by atoms with Gasteiger partial charge in [-0.05, 0) is 48.6 Å². The van der Waals surface area contributed by atoms with Crippen molar-refractivity contribution in [1.29, 1.82) is 0 Å². The second-order valence-electron chi connectivity index (χ2n) is 6.72. The number of hydrogen-bond donors (Lipinski definition) is 0. The van der Waals surface area contributed by atoms with Crippen LogP contribution in [0.1, 0.15) is 35.0 Å². The van der Waals surface area contributed by atoms with Crippen LogP contribution in [-0.4, -0.2) is 40.1 Å². The fourth-order valence-electron chi connectivity index (χ4n) is 2.97. The maximum Gasteiger partial charge on any atom is 0.254 e. The quantitative estimate of drug-likeness (QED) is 0.689. The molecule has 5 rings (SSSR count). The van der Waals surface area contributed by atoms with Crippen molar-refractivity contribution >= 4 is 17.2 Å². The van der Waals surface area contributed by atoms with Gasteiger partial charge in [-0.15, -0.1) is 0 Å². The average Bonchev–Trinajstić information content (AvgIpc) is 3.12. The number of ether oxygens (including phenoxy) is 1. The van der Waals surface area contributed by atoms with E-state index in [1.165, 1.54) is 11.3 Å². The molecular formula is C19H17N3O3S. The predicted octanol–water partition coefficient (Wildman–Crippen LogP) is 3.58. The minimum atomic E-state index is 0.0371. The molecule has 2 aromatic heterocycles. The van der Waals surface area contributed by atoms with Gasteiger partial charge in [0.1, 0.15) is 11.9 Å². The molecule has 3 heterocycles. The maximum atomic E-state index is 12.2. The second-order valence-corrected chi connectivity index (χ2v) is 7.50.